The number of hydrogen-bond acceptors (Lipinski definition) is 2. The zero-order valence-corrected chi connectivity index (χ0v) is 16.4. The molecule has 0 aromatic heterocycles. The second-order valence-corrected chi connectivity index (χ2v) is 8.62. The van der Waals surface area contributed by atoms with E-state index >= 15 is 0 Å². The molecule has 4 rings (SSSR count). The van der Waals surface area contributed by atoms with Crippen LogP contribution in [0.3, 0.4) is 0 Å². The highest BCUT2D eigenvalue weighted by atomic mass is 16.2. The maximum atomic E-state index is 13.0. The Kier molecular flexibility index (Phi) is 5.51. The molecule has 1 N–H and O–H groups in total. The minimum Gasteiger partial charge on any atom is -0.353 e. The van der Waals surface area contributed by atoms with Crippen molar-refractivity contribution in [1.82, 2.24) is 10.2 Å². The second kappa shape index (κ2) is 8.04. The van der Waals surface area contributed by atoms with Crippen molar-refractivity contribution in [2.24, 2.45) is 17.8 Å². The van der Waals surface area contributed by atoms with Gasteiger partial charge in [0, 0.05) is 25.0 Å². The highest BCUT2D eigenvalue weighted by Gasteiger charge is 2.54. The lowest BCUT2D eigenvalue weighted by atomic mass is 9.93. The van der Waals surface area contributed by atoms with Gasteiger partial charge in [-0.05, 0) is 49.5 Å². The largest absolute Gasteiger partial charge is 0.353 e. The second-order valence-electron chi connectivity index (χ2n) is 8.62. The van der Waals surface area contributed by atoms with Crippen LogP contribution in [-0.2, 0) is 9.59 Å². The molecule has 4 nitrogen and oxygen atoms in total. The molecule has 3 aliphatic rings. The van der Waals surface area contributed by atoms with Gasteiger partial charge in [-0.1, -0.05) is 50.1 Å². The smallest absolute Gasteiger partial charge is 0.230 e. The number of hydrogen-bond donors (Lipinski definition) is 1. The lowest BCUT2D eigenvalue weighted by molar-refractivity contribution is -0.134. The van der Waals surface area contributed by atoms with Gasteiger partial charge in [0.25, 0.3) is 0 Å². The molecule has 2 amide bonds. The highest BCUT2D eigenvalue weighted by molar-refractivity contribution is 5.84. The fourth-order valence-corrected chi connectivity index (χ4v) is 5.38. The average Bonchev–Trinajstić information content (AvgIpc) is 3.44. The van der Waals surface area contributed by atoms with Gasteiger partial charge < -0.3 is 10.2 Å². The fraction of sp³-hybridized carbons (Fsp3) is 0.652. The molecular formula is C23H32N2O2. The minimum absolute atomic E-state index is 0.0491. The van der Waals surface area contributed by atoms with E-state index in [4.69, 9.17) is 0 Å². The van der Waals surface area contributed by atoms with Crippen molar-refractivity contribution < 1.29 is 9.59 Å². The summed E-state index contributed by atoms with van der Waals surface area (Å²) in [6, 6.07) is 10.3. The van der Waals surface area contributed by atoms with Crippen molar-refractivity contribution in [3.05, 3.63) is 35.9 Å². The van der Waals surface area contributed by atoms with E-state index in [2.05, 4.69) is 12.2 Å². The van der Waals surface area contributed by atoms with Crippen molar-refractivity contribution in [2.45, 2.75) is 63.8 Å². The minimum atomic E-state index is -0.0491. The molecule has 1 heterocycles. The third-order valence-electron chi connectivity index (χ3n) is 7.02. The molecule has 1 aliphatic heterocycles. The lowest BCUT2D eigenvalue weighted by Gasteiger charge is -2.34. The Morgan fingerprint density at radius 2 is 1.67 bits per heavy atom. The molecule has 27 heavy (non-hydrogen) atoms. The van der Waals surface area contributed by atoms with Crippen LogP contribution in [0.5, 0.6) is 0 Å². The van der Waals surface area contributed by atoms with Crippen LogP contribution in [0.2, 0.25) is 0 Å². The number of nitrogens with zero attached hydrogens (tertiary/aromatic N) is 1. The van der Waals surface area contributed by atoms with Crippen molar-refractivity contribution in [1.29, 1.82) is 0 Å². The number of carbonyl (C=O) groups excluding carboxylic acids is 2. The van der Waals surface area contributed by atoms with Gasteiger partial charge in [-0.2, -0.15) is 0 Å². The summed E-state index contributed by atoms with van der Waals surface area (Å²) in [5, 5.41) is 3.29. The maximum Gasteiger partial charge on any atom is 0.230 e. The Balaban J connectivity index is 1.27. The monoisotopic (exact) mass is 368 g/mol. The number of fused-ring (bicyclic) bond motifs is 1. The predicted molar refractivity (Wildman–Crippen MR) is 106 cm³/mol. The van der Waals surface area contributed by atoms with Crippen LogP contribution < -0.4 is 5.32 Å². The Morgan fingerprint density at radius 1 is 1.04 bits per heavy atom. The van der Waals surface area contributed by atoms with E-state index in [0.29, 0.717) is 11.8 Å². The van der Waals surface area contributed by atoms with Gasteiger partial charge in [0.2, 0.25) is 11.8 Å². The molecule has 3 fully saturated rings. The summed E-state index contributed by atoms with van der Waals surface area (Å²) in [5.41, 5.74) is 1.11. The van der Waals surface area contributed by atoms with Gasteiger partial charge in [-0.3, -0.25) is 9.59 Å². The van der Waals surface area contributed by atoms with Crippen LogP contribution in [-0.4, -0.2) is 35.8 Å². The first-order chi connectivity index (χ1) is 13.2. The number of rotatable bonds is 5. The average molecular weight is 369 g/mol. The van der Waals surface area contributed by atoms with E-state index in [-0.39, 0.29) is 29.7 Å². The first-order valence-corrected chi connectivity index (χ1v) is 10.8. The van der Waals surface area contributed by atoms with E-state index in [0.717, 1.165) is 37.9 Å². The van der Waals surface area contributed by atoms with Gasteiger partial charge in [0.05, 0.1) is 5.92 Å². The van der Waals surface area contributed by atoms with Crippen molar-refractivity contribution in [3.63, 3.8) is 0 Å². The van der Waals surface area contributed by atoms with Crippen molar-refractivity contribution in [2.75, 3.05) is 13.1 Å². The zero-order chi connectivity index (χ0) is 18.8. The Labute approximate surface area is 162 Å². The zero-order valence-electron chi connectivity index (χ0n) is 16.4. The fourth-order valence-electron chi connectivity index (χ4n) is 5.38. The molecule has 1 saturated heterocycles. The van der Waals surface area contributed by atoms with E-state index < -0.39 is 0 Å². The topological polar surface area (TPSA) is 49.4 Å². The summed E-state index contributed by atoms with van der Waals surface area (Å²) >= 11 is 0. The SMILES string of the molecule is CC[C@H](C(=O)N1CCC(NC(=O)C2[C@H]3CCCC[C@@H]23)CC1)c1ccccc1. The van der Waals surface area contributed by atoms with Gasteiger partial charge in [-0.15, -0.1) is 0 Å². The molecule has 4 heteroatoms. The molecule has 146 valence electrons. The third kappa shape index (κ3) is 3.90. The van der Waals surface area contributed by atoms with Gasteiger partial charge in [0.15, 0.2) is 0 Å². The molecule has 4 atom stereocenters. The number of piperidine rings is 1. The number of nitrogens with one attached hydrogen (secondary N) is 1. The first kappa shape index (κ1) is 18.5. The van der Waals surface area contributed by atoms with E-state index in [1.807, 2.05) is 35.2 Å². The van der Waals surface area contributed by atoms with Crippen LogP contribution in [0.1, 0.15) is 63.4 Å². The van der Waals surface area contributed by atoms with Crippen LogP contribution in [0.4, 0.5) is 0 Å². The van der Waals surface area contributed by atoms with E-state index in [1.54, 1.807) is 0 Å². The summed E-state index contributed by atoms with van der Waals surface area (Å²) in [6.07, 6.45) is 7.66. The standard InChI is InChI=1S/C23H32N2O2/c1-2-18(16-8-4-3-5-9-16)23(27)25-14-12-17(13-15-25)24-22(26)21-19-10-6-7-11-20(19)21/h3-5,8-9,17-21H,2,6-7,10-15H2,1H3,(H,24,26)/t18-,19-,20+,21?/m0/s1. The van der Waals surface area contributed by atoms with Crippen molar-refractivity contribution in [3.8, 4) is 0 Å². The number of amides is 2. The van der Waals surface area contributed by atoms with Crippen LogP contribution in [0.15, 0.2) is 30.3 Å². The van der Waals surface area contributed by atoms with E-state index in [9.17, 15) is 9.59 Å². The summed E-state index contributed by atoms with van der Waals surface area (Å²) in [6.45, 7) is 3.59. The molecule has 0 radical (unpaired) electrons. The quantitative estimate of drug-likeness (QED) is 0.861. The molecule has 1 unspecified atom stereocenters. The number of benzene rings is 1. The number of carbonyl (C=O) groups is 2. The highest BCUT2D eigenvalue weighted by Crippen LogP contribution is 2.55. The molecule has 0 spiro atoms. The number of likely N-dealkylation sites (tertiary alicyclic amines) is 1. The summed E-state index contributed by atoms with van der Waals surface area (Å²) in [4.78, 5) is 27.6. The molecule has 2 aliphatic carbocycles. The van der Waals surface area contributed by atoms with Crippen LogP contribution in [0.25, 0.3) is 0 Å². The van der Waals surface area contributed by atoms with Crippen molar-refractivity contribution >= 4 is 11.8 Å². The molecular weight excluding hydrogens is 336 g/mol. The molecule has 1 aromatic rings. The van der Waals surface area contributed by atoms with Crippen LogP contribution in [0, 0.1) is 17.8 Å². The van der Waals surface area contributed by atoms with Gasteiger partial charge >= 0.3 is 0 Å². The summed E-state index contributed by atoms with van der Waals surface area (Å²) in [7, 11) is 0. The van der Waals surface area contributed by atoms with Gasteiger partial charge in [0.1, 0.15) is 0 Å². The Morgan fingerprint density at radius 3 is 2.26 bits per heavy atom. The molecule has 0 bridgehead atoms. The van der Waals surface area contributed by atoms with Crippen LogP contribution >= 0.6 is 0 Å². The lowest BCUT2D eigenvalue weighted by Crippen LogP contribution is -2.48. The maximum absolute atomic E-state index is 13.0. The van der Waals surface area contributed by atoms with E-state index in [1.165, 1.54) is 25.7 Å². The normalized spacial score (nSPS) is 28.9. The summed E-state index contributed by atoms with van der Waals surface area (Å²) in [5.74, 6) is 2.09. The molecule has 2 saturated carbocycles. The Bertz CT molecular complexity index is 654. The Hall–Kier alpha value is -1.84. The summed E-state index contributed by atoms with van der Waals surface area (Å²) < 4.78 is 0. The first-order valence-electron chi connectivity index (χ1n) is 10.8. The predicted octanol–water partition coefficient (Wildman–Crippen LogP) is 3.72. The molecule has 1 aromatic carbocycles. The van der Waals surface area contributed by atoms with Gasteiger partial charge in [-0.25, -0.2) is 0 Å². The third-order valence-corrected chi connectivity index (χ3v) is 7.02.